The number of ether oxygens (including phenoxy) is 2. The van der Waals surface area contributed by atoms with Gasteiger partial charge in [0, 0.05) is 0 Å². The molecule has 0 radical (unpaired) electrons. The molecule has 1 aliphatic heterocycles. The summed E-state index contributed by atoms with van der Waals surface area (Å²) in [5.41, 5.74) is 2.30. The number of benzene rings is 2. The van der Waals surface area contributed by atoms with Gasteiger partial charge in [0.2, 0.25) is 5.91 Å². The minimum Gasteiger partial charge on any atom is -0.486 e. The summed E-state index contributed by atoms with van der Waals surface area (Å²) in [6, 6.07) is 15.7. The highest BCUT2D eigenvalue weighted by Gasteiger charge is 2.20. The number of nitrogens with one attached hydrogen (secondary N) is 1. The van der Waals surface area contributed by atoms with Crippen LogP contribution in [-0.2, 0) is 17.6 Å². The summed E-state index contributed by atoms with van der Waals surface area (Å²) in [5.74, 6) is 1.48. The second kappa shape index (κ2) is 7.18. The number of fused-ring (bicyclic) bond motifs is 1. The zero-order chi connectivity index (χ0) is 16.1. The van der Waals surface area contributed by atoms with E-state index >= 15 is 0 Å². The molecule has 1 atom stereocenters. The van der Waals surface area contributed by atoms with E-state index in [9.17, 15) is 4.79 Å². The lowest BCUT2D eigenvalue weighted by Crippen LogP contribution is -2.41. The smallest absolute Gasteiger partial charge is 0.224 e. The van der Waals surface area contributed by atoms with Gasteiger partial charge >= 0.3 is 0 Å². The van der Waals surface area contributed by atoms with Gasteiger partial charge in [-0.3, -0.25) is 4.79 Å². The van der Waals surface area contributed by atoms with E-state index in [1.807, 2.05) is 36.4 Å². The van der Waals surface area contributed by atoms with Crippen molar-refractivity contribution >= 4 is 5.91 Å². The highest BCUT2D eigenvalue weighted by Crippen LogP contribution is 2.30. The van der Waals surface area contributed by atoms with Gasteiger partial charge < -0.3 is 14.8 Å². The Balaban J connectivity index is 1.47. The summed E-state index contributed by atoms with van der Waals surface area (Å²) in [6.45, 7) is 3.01. The largest absolute Gasteiger partial charge is 0.486 e. The summed E-state index contributed by atoms with van der Waals surface area (Å²) in [7, 11) is 0. The monoisotopic (exact) mass is 311 g/mol. The fourth-order valence-corrected chi connectivity index (χ4v) is 2.53. The van der Waals surface area contributed by atoms with Gasteiger partial charge in [0.05, 0.1) is 13.0 Å². The van der Waals surface area contributed by atoms with Crippen LogP contribution in [0.1, 0.15) is 18.1 Å². The summed E-state index contributed by atoms with van der Waals surface area (Å²) in [6.07, 6.45) is 1.23. The third kappa shape index (κ3) is 4.03. The molecule has 3 rings (SSSR count). The van der Waals surface area contributed by atoms with Gasteiger partial charge in [0.25, 0.3) is 0 Å². The Morgan fingerprint density at radius 1 is 1.09 bits per heavy atom. The predicted octanol–water partition coefficient (Wildman–Crippen LogP) is 2.75. The van der Waals surface area contributed by atoms with E-state index in [0.717, 1.165) is 23.5 Å². The summed E-state index contributed by atoms with van der Waals surface area (Å²) >= 11 is 0. The number of carbonyl (C=O) groups is 1. The Morgan fingerprint density at radius 2 is 1.78 bits per heavy atom. The molecular weight excluding hydrogens is 290 g/mol. The first-order valence-electron chi connectivity index (χ1n) is 7.97. The number of carbonyl (C=O) groups excluding carboxylic acids is 1. The Labute approximate surface area is 136 Å². The molecule has 1 aliphatic rings. The Morgan fingerprint density at radius 3 is 2.52 bits per heavy atom. The Kier molecular flexibility index (Phi) is 4.81. The van der Waals surface area contributed by atoms with Crippen molar-refractivity contribution in [3.8, 4) is 11.5 Å². The molecule has 1 heterocycles. The van der Waals surface area contributed by atoms with Crippen molar-refractivity contribution in [2.24, 2.45) is 0 Å². The van der Waals surface area contributed by atoms with Crippen LogP contribution in [0.2, 0.25) is 0 Å². The normalized spacial score (nSPS) is 16.0. The minimum absolute atomic E-state index is 0.00305. The molecule has 4 nitrogen and oxygen atoms in total. The van der Waals surface area contributed by atoms with Gasteiger partial charge in [0.15, 0.2) is 11.5 Å². The van der Waals surface area contributed by atoms with Crippen molar-refractivity contribution in [2.75, 3.05) is 13.2 Å². The second-order valence-corrected chi connectivity index (χ2v) is 5.65. The van der Waals surface area contributed by atoms with Crippen LogP contribution in [0, 0.1) is 0 Å². The number of hydrogen-bond acceptors (Lipinski definition) is 3. The molecule has 0 bridgehead atoms. The molecule has 1 amide bonds. The van der Waals surface area contributed by atoms with Crippen LogP contribution in [0.4, 0.5) is 0 Å². The molecule has 0 saturated carbocycles. The first kappa shape index (κ1) is 15.4. The molecule has 4 heteroatoms. The molecule has 0 aliphatic carbocycles. The summed E-state index contributed by atoms with van der Waals surface area (Å²) < 4.78 is 11.5. The van der Waals surface area contributed by atoms with Crippen LogP contribution in [0.15, 0.2) is 48.5 Å². The van der Waals surface area contributed by atoms with Crippen molar-refractivity contribution in [3.05, 3.63) is 59.7 Å². The molecule has 120 valence electrons. The molecule has 1 N–H and O–H groups in total. The van der Waals surface area contributed by atoms with E-state index in [0.29, 0.717) is 19.6 Å². The van der Waals surface area contributed by atoms with E-state index in [1.165, 1.54) is 5.56 Å². The zero-order valence-corrected chi connectivity index (χ0v) is 13.2. The molecular formula is C19H21NO3. The topological polar surface area (TPSA) is 47.6 Å². The quantitative estimate of drug-likeness (QED) is 0.923. The zero-order valence-electron chi connectivity index (χ0n) is 13.2. The van der Waals surface area contributed by atoms with Gasteiger partial charge in [-0.05, 0) is 29.7 Å². The lowest BCUT2D eigenvalue weighted by Gasteiger charge is -2.26. The number of hydrogen-bond donors (Lipinski definition) is 1. The van der Waals surface area contributed by atoms with Crippen LogP contribution < -0.4 is 14.8 Å². The van der Waals surface area contributed by atoms with Crippen LogP contribution in [0.3, 0.4) is 0 Å². The predicted molar refractivity (Wildman–Crippen MR) is 88.9 cm³/mol. The fraction of sp³-hybridized carbons (Fsp3) is 0.316. The van der Waals surface area contributed by atoms with Gasteiger partial charge in [-0.25, -0.2) is 0 Å². The highest BCUT2D eigenvalue weighted by molar-refractivity contribution is 5.78. The molecule has 1 unspecified atom stereocenters. The maximum Gasteiger partial charge on any atom is 0.224 e. The van der Waals surface area contributed by atoms with E-state index in [4.69, 9.17) is 9.47 Å². The average Bonchev–Trinajstić information content (AvgIpc) is 2.60. The van der Waals surface area contributed by atoms with Crippen molar-refractivity contribution in [3.63, 3.8) is 0 Å². The third-order valence-corrected chi connectivity index (χ3v) is 3.89. The minimum atomic E-state index is -0.156. The van der Waals surface area contributed by atoms with E-state index in [-0.39, 0.29) is 12.0 Å². The van der Waals surface area contributed by atoms with Crippen molar-refractivity contribution < 1.29 is 14.3 Å². The molecule has 0 fully saturated rings. The van der Waals surface area contributed by atoms with Gasteiger partial charge in [-0.1, -0.05) is 43.3 Å². The van der Waals surface area contributed by atoms with Crippen molar-refractivity contribution in [1.29, 1.82) is 0 Å². The standard InChI is InChI=1S/C19H21NO3/c1-2-14-7-9-15(10-8-14)11-19(21)20-12-16-13-22-17-5-3-4-6-18(17)23-16/h3-10,16H,2,11-13H2,1H3,(H,20,21). The lowest BCUT2D eigenvalue weighted by molar-refractivity contribution is -0.120. The molecule has 0 spiro atoms. The number of rotatable bonds is 5. The van der Waals surface area contributed by atoms with Crippen LogP contribution in [0.5, 0.6) is 11.5 Å². The number of para-hydroxylation sites is 2. The van der Waals surface area contributed by atoms with Gasteiger partial charge in [0.1, 0.15) is 12.7 Å². The van der Waals surface area contributed by atoms with Crippen LogP contribution in [0.25, 0.3) is 0 Å². The third-order valence-electron chi connectivity index (χ3n) is 3.89. The maximum atomic E-state index is 12.0. The van der Waals surface area contributed by atoms with Gasteiger partial charge in [-0.2, -0.15) is 0 Å². The number of amides is 1. The van der Waals surface area contributed by atoms with Crippen LogP contribution in [-0.4, -0.2) is 25.2 Å². The molecule has 2 aromatic rings. The Bertz CT molecular complexity index is 667. The Hall–Kier alpha value is -2.49. The SMILES string of the molecule is CCc1ccc(CC(=O)NCC2COc3ccccc3O2)cc1. The van der Waals surface area contributed by atoms with E-state index in [2.05, 4.69) is 24.4 Å². The lowest BCUT2D eigenvalue weighted by atomic mass is 10.1. The first-order chi connectivity index (χ1) is 11.2. The van der Waals surface area contributed by atoms with E-state index in [1.54, 1.807) is 0 Å². The average molecular weight is 311 g/mol. The second-order valence-electron chi connectivity index (χ2n) is 5.65. The molecule has 23 heavy (non-hydrogen) atoms. The first-order valence-corrected chi connectivity index (χ1v) is 7.97. The summed E-state index contributed by atoms with van der Waals surface area (Å²) in [4.78, 5) is 12.0. The van der Waals surface area contributed by atoms with E-state index < -0.39 is 0 Å². The van der Waals surface area contributed by atoms with Gasteiger partial charge in [-0.15, -0.1) is 0 Å². The molecule has 0 aromatic heterocycles. The van der Waals surface area contributed by atoms with Crippen molar-refractivity contribution in [1.82, 2.24) is 5.32 Å². The highest BCUT2D eigenvalue weighted by atomic mass is 16.6. The fourth-order valence-electron chi connectivity index (χ4n) is 2.53. The summed E-state index contributed by atoms with van der Waals surface area (Å²) in [5, 5.41) is 2.92. The molecule has 2 aromatic carbocycles. The van der Waals surface area contributed by atoms with Crippen LogP contribution >= 0.6 is 0 Å². The number of aryl methyl sites for hydroxylation is 1. The molecule has 0 saturated heterocycles. The maximum absolute atomic E-state index is 12.0. The van der Waals surface area contributed by atoms with Crippen molar-refractivity contribution in [2.45, 2.75) is 25.9 Å².